The Kier molecular flexibility index (Phi) is 8.03. The molecule has 166 valence electrons. The van der Waals surface area contributed by atoms with E-state index in [2.05, 4.69) is 21.5 Å². The molecule has 7 heteroatoms. The minimum Gasteiger partial charge on any atom is -0.496 e. The summed E-state index contributed by atoms with van der Waals surface area (Å²) in [6.07, 6.45) is 0. The van der Waals surface area contributed by atoms with E-state index in [4.69, 9.17) is 14.2 Å². The van der Waals surface area contributed by atoms with Crippen molar-refractivity contribution in [3.05, 3.63) is 58.7 Å². The molecule has 1 amide bonds. The van der Waals surface area contributed by atoms with Crippen LogP contribution in [0.2, 0.25) is 0 Å². The van der Waals surface area contributed by atoms with Crippen LogP contribution in [0.25, 0.3) is 0 Å². The maximum atomic E-state index is 12.2. The van der Waals surface area contributed by atoms with Gasteiger partial charge in [-0.15, -0.1) is 0 Å². The molecule has 0 radical (unpaired) electrons. The molecule has 0 saturated carbocycles. The second-order valence-corrected chi connectivity index (χ2v) is 7.68. The van der Waals surface area contributed by atoms with E-state index in [1.165, 1.54) is 5.56 Å². The number of methoxy groups -OCH3 is 1. The first-order valence-electron chi connectivity index (χ1n) is 10.5. The van der Waals surface area contributed by atoms with Gasteiger partial charge < -0.3 is 14.2 Å². The van der Waals surface area contributed by atoms with Crippen molar-refractivity contribution in [1.29, 1.82) is 0 Å². The van der Waals surface area contributed by atoms with Crippen molar-refractivity contribution in [2.45, 2.75) is 27.3 Å². The number of amides is 1. The lowest BCUT2D eigenvalue weighted by Crippen LogP contribution is -2.35. The number of nitrogens with one attached hydrogen (secondary N) is 1. The van der Waals surface area contributed by atoms with Gasteiger partial charge in [0.05, 0.1) is 26.0 Å². The Morgan fingerprint density at radius 2 is 1.90 bits per heavy atom. The second-order valence-electron chi connectivity index (χ2n) is 7.68. The van der Waals surface area contributed by atoms with Crippen LogP contribution in [0.1, 0.15) is 29.2 Å². The first kappa shape index (κ1) is 22.8. The average Bonchev–Trinajstić information content (AvgIpc) is 2.79. The predicted molar refractivity (Wildman–Crippen MR) is 121 cm³/mol. The van der Waals surface area contributed by atoms with Gasteiger partial charge in [0.15, 0.2) is 6.61 Å². The van der Waals surface area contributed by atoms with Crippen molar-refractivity contribution in [3.63, 3.8) is 0 Å². The number of carbonyl (C=O) groups excluding carboxylic acids is 1. The van der Waals surface area contributed by atoms with Crippen molar-refractivity contribution in [3.8, 4) is 11.5 Å². The van der Waals surface area contributed by atoms with Crippen molar-refractivity contribution in [2.75, 3.05) is 40.0 Å². The van der Waals surface area contributed by atoms with Crippen LogP contribution in [0.4, 0.5) is 0 Å². The molecule has 1 saturated heterocycles. The minimum absolute atomic E-state index is 0.0931. The average molecular weight is 426 g/mol. The molecule has 31 heavy (non-hydrogen) atoms. The molecule has 0 bridgehead atoms. The molecular formula is C24H31N3O4. The molecule has 1 N–H and O–H groups in total. The molecule has 0 aromatic heterocycles. The Bertz CT molecular complexity index is 936. The standard InChI is InChI=1S/C24H31N3O4/c1-17-5-7-22(13-18(17)2)31-16-24(28)26-25-19(3)20-6-8-23(29-4)21(14-20)15-27-9-11-30-12-10-27/h5-8,13-14H,9-12,15-16H2,1-4H3,(H,26,28)/b25-19-. The Labute approximate surface area is 184 Å². The van der Waals surface area contributed by atoms with Gasteiger partial charge in [0, 0.05) is 25.2 Å². The van der Waals surface area contributed by atoms with E-state index in [0.29, 0.717) is 11.5 Å². The van der Waals surface area contributed by atoms with Gasteiger partial charge in [0.25, 0.3) is 5.91 Å². The van der Waals surface area contributed by atoms with Crippen LogP contribution >= 0.6 is 0 Å². The number of hydrazone groups is 1. The first-order chi connectivity index (χ1) is 15.0. The normalized spacial score (nSPS) is 14.9. The molecule has 0 spiro atoms. The highest BCUT2D eigenvalue weighted by atomic mass is 16.5. The molecule has 0 aliphatic carbocycles. The predicted octanol–water partition coefficient (Wildman–Crippen LogP) is 3.06. The number of nitrogens with zero attached hydrogens (tertiary/aromatic N) is 2. The maximum Gasteiger partial charge on any atom is 0.277 e. The zero-order chi connectivity index (χ0) is 22.2. The fourth-order valence-electron chi connectivity index (χ4n) is 3.32. The van der Waals surface area contributed by atoms with Gasteiger partial charge in [-0.25, -0.2) is 5.43 Å². The molecule has 2 aromatic carbocycles. The monoisotopic (exact) mass is 425 g/mol. The lowest BCUT2D eigenvalue weighted by molar-refractivity contribution is -0.123. The van der Waals surface area contributed by atoms with Crippen LogP contribution in [-0.2, 0) is 16.1 Å². The summed E-state index contributed by atoms with van der Waals surface area (Å²) in [6.45, 7) is 9.90. The number of hydrogen-bond acceptors (Lipinski definition) is 6. The lowest BCUT2D eigenvalue weighted by Gasteiger charge is -2.27. The van der Waals surface area contributed by atoms with E-state index in [0.717, 1.165) is 55.3 Å². The first-order valence-corrected chi connectivity index (χ1v) is 10.5. The summed E-state index contributed by atoms with van der Waals surface area (Å²) in [5.74, 6) is 1.20. The molecule has 1 aliphatic rings. The van der Waals surface area contributed by atoms with Crippen LogP contribution in [0.15, 0.2) is 41.5 Å². The molecule has 1 fully saturated rings. The van der Waals surface area contributed by atoms with Crippen LogP contribution in [0.3, 0.4) is 0 Å². The zero-order valence-corrected chi connectivity index (χ0v) is 18.7. The third kappa shape index (κ3) is 6.54. The molecule has 2 aromatic rings. The smallest absolute Gasteiger partial charge is 0.277 e. The molecule has 0 atom stereocenters. The van der Waals surface area contributed by atoms with E-state index in [-0.39, 0.29) is 12.5 Å². The highest BCUT2D eigenvalue weighted by Gasteiger charge is 2.14. The Hall–Kier alpha value is -2.90. The van der Waals surface area contributed by atoms with Crippen molar-refractivity contribution in [1.82, 2.24) is 10.3 Å². The van der Waals surface area contributed by atoms with Gasteiger partial charge in [-0.3, -0.25) is 9.69 Å². The van der Waals surface area contributed by atoms with E-state index in [1.54, 1.807) is 7.11 Å². The third-order valence-electron chi connectivity index (χ3n) is 5.39. The summed E-state index contributed by atoms with van der Waals surface area (Å²) in [4.78, 5) is 14.5. The van der Waals surface area contributed by atoms with Crippen molar-refractivity contribution in [2.24, 2.45) is 5.10 Å². The van der Waals surface area contributed by atoms with Crippen LogP contribution in [0.5, 0.6) is 11.5 Å². The highest BCUT2D eigenvalue weighted by Crippen LogP contribution is 2.22. The lowest BCUT2D eigenvalue weighted by atomic mass is 10.1. The summed E-state index contributed by atoms with van der Waals surface area (Å²) in [5, 5.41) is 4.24. The number of hydrogen-bond donors (Lipinski definition) is 1. The fourth-order valence-corrected chi connectivity index (χ4v) is 3.32. The minimum atomic E-state index is -0.306. The summed E-state index contributed by atoms with van der Waals surface area (Å²) >= 11 is 0. The van der Waals surface area contributed by atoms with E-state index >= 15 is 0 Å². The van der Waals surface area contributed by atoms with Gasteiger partial charge in [-0.05, 0) is 67.8 Å². The zero-order valence-electron chi connectivity index (χ0n) is 18.7. The number of ether oxygens (including phenoxy) is 3. The summed E-state index contributed by atoms with van der Waals surface area (Å²) in [7, 11) is 1.68. The number of aryl methyl sites for hydroxylation is 2. The second kappa shape index (κ2) is 10.9. The molecule has 0 unspecified atom stereocenters. The number of rotatable bonds is 8. The molecule has 7 nitrogen and oxygen atoms in total. The molecule has 3 rings (SSSR count). The van der Waals surface area contributed by atoms with Crippen molar-refractivity contribution >= 4 is 11.6 Å². The van der Waals surface area contributed by atoms with Crippen molar-refractivity contribution < 1.29 is 19.0 Å². The van der Waals surface area contributed by atoms with E-state index < -0.39 is 0 Å². The Balaban J connectivity index is 1.59. The molecule has 1 aliphatic heterocycles. The molecular weight excluding hydrogens is 394 g/mol. The summed E-state index contributed by atoms with van der Waals surface area (Å²) in [5.41, 5.74) is 7.61. The van der Waals surface area contributed by atoms with E-state index in [1.807, 2.05) is 51.1 Å². The number of carbonyl (C=O) groups is 1. The van der Waals surface area contributed by atoms with Gasteiger partial charge in [0.2, 0.25) is 0 Å². The van der Waals surface area contributed by atoms with Gasteiger partial charge in [0.1, 0.15) is 11.5 Å². The van der Waals surface area contributed by atoms with Gasteiger partial charge in [-0.1, -0.05) is 6.07 Å². The number of benzene rings is 2. The van der Waals surface area contributed by atoms with E-state index in [9.17, 15) is 4.79 Å². The number of morpholine rings is 1. The van der Waals surface area contributed by atoms with Gasteiger partial charge in [-0.2, -0.15) is 5.10 Å². The topological polar surface area (TPSA) is 72.4 Å². The SMILES string of the molecule is COc1ccc(/C(C)=N\NC(=O)COc2ccc(C)c(C)c2)cc1CN1CCOCC1. The maximum absolute atomic E-state index is 12.2. The van der Waals surface area contributed by atoms with Crippen LogP contribution in [-0.4, -0.2) is 56.5 Å². The third-order valence-corrected chi connectivity index (χ3v) is 5.39. The largest absolute Gasteiger partial charge is 0.496 e. The van der Waals surface area contributed by atoms with Gasteiger partial charge >= 0.3 is 0 Å². The fraction of sp³-hybridized carbons (Fsp3) is 0.417. The van der Waals surface area contributed by atoms with Crippen LogP contribution < -0.4 is 14.9 Å². The Morgan fingerprint density at radius 1 is 1.13 bits per heavy atom. The quantitative estimate of drug-likeness (QED) is 0.520. The summed E-state index contributed by atoms with van der Waals surface area (Å²) in [6, 6.07) is 11.7. The Morgan fingerprint density at radius 3 is 2.61 bits per heavy atom. The highest BCUT2D eigenvalue weighted by molar-refractivity contribution is 5.99. The molecule has 1 heterocycles. The summed E-state index contributed by atoms with van der Waals surface area (Å²) < 4.78 is 16.5. The van der Waals surface area contributed by atoms with Crippen LogP contribution in [0, 0.1) is 13.8 Å².